The van der Waals surface area contributed by atoms with Crippen LogP contribution >= 0.6 is 0 Å². The topological polar surface area (TPSA) is 57.6 Å². The maximum atomic E-state index is 9.60. The molecule has 8 aromatic carbocycles. The van der Waals surface area contributed by atoms with Crippen LogP contribution in [0.25, 0.3) is 49.7 Å². The molecule has 3 aliphatic heterocycles. The molecule has 2 radical (unpaired) electrons. The van der Waals surface area contributed by atoms with E-state index in [1.807, 2.05) is 77.9 Å². The summed E-state index contributed by atoms with van der Waals surface area (Å²) < 4.78 is 46.4. The van der Waals surface area contributed by atoms with Crippen molar-refractivity contribution in [3.63, 3.8) is 0 Å². The van der Waals surface area contributed by atoms with Crippen molar-refractivity contribution in [2.75, 3.05) is 16.5 Å². The van der Waals surface area contributed by atoms with Crippen LogP contribution in [-0.4, -0.2) is 30.8 Å². The molecule has 458 valence electrons. The summed E-state index contributed by atoms with van der Waals surface area (Å²) in [5.41, 5.74) is 16.8. The molecule has 13 rings (SSSR count). The summed E-state index contributed by atoms with van der Waals surface area (Å²) in [6.07, 6.45) is 26.2. The number of nitrogens with one attached hydrogen (secondary N) is 2. The second kappa shape index (κ2) is 25.4. The van der Waals surface area contributed by atoms with Gasteiger partial charge in [0.05, 0.1) is 33.6 Å². The Morgan fingerprint density at radius 2 is 1.06 bits per heavy atom. The maximum absolute atomic E-state index is 9.60. The second-order valence-corrected chi connectivity index (χ2v) is 27.3. The molecule has 0 amide bonds. The van der Waals surface area contributed by atoms with Gasteiger partial charge in [-0.1, -0.05) is 207 Å². The third-order valence-corrected chi connectivity index (χ3v) is 18.0. The summed E-state index contributed by atoms with van der Waals surface area (Å²) in [7, 11) is 4.41. The Morgan fingerprint density at radius 3 is 1.67 bits per heavy atom. The van der Waals surface area contributed by atoms with Gasteiger partial charge in [0, 0.05) is 65.0 Å². The van der Waals surface area contributed by atoms with Gasteiger partial charge in [-0.2, -0.15) is 0 Å². The zero-order valence-corrected chi connectivity index (χ0v) is 54.8. The van der Waals surface area contributed by atoms with Crippen molar-refractivity contribution in [1.29, 1.82) is 0 Å². The average molecular weight is 1220 g/mol. The zero-order valence-electron chi connectivity index (χ0n) is 58.8. The number of para-hydroxylation sites is 3. The minimum absolute atomic E-state index is 0.126. The van der Waals surface area contributed by atoms with E-state index in [2.05, 4.69) is 280 Å². The lowest BCUT2D eigenvalue weighted by Gasteiger charge is -2.32. The van der Waals surface area contributed by atoms with Crippen molar-refractivity contribution < 1.29 is 10.2 Å². The average Bonchev–Trinajstić information content (AvgIpc) is 1.56. The van der Waals surface area contributed by atoms with Crippen LogP contribution in [0.2, 0.25) is 0 Å². The molecule has 9 heteroatoms. The Morgan fingerprint density at radius 1 is 0.484 bits per heavy atom. The van der Waals surface area contributed by atoms with Crippen LogP contribution in [0, 0.1) is 0 Å². The predicted molar refractivity (Wildman–Crippen MR) is 396 cm³/mol. The highest BCUT2D eigenvalue weighted by atomic mass is 16.5. The molecule has 0 unspecified atom stereocenters. The van der Waals surface area contributed by atoms with Gasteiger partial charge in [0.2, 0.25) is 0 Å². The quantitative estimate of drug-likeness (QED) is 0.126. The van der Waals surface area contributed by atoms with Crippen LogP contribution in [0.4, 0.5) is 22.7 Å². The summed E-state index contributed by atoms with van der Waals surface area (Å²) in [6, 6.07) is 56.7. The Hall–Kier alpha value is -10.2. The first-order valence-electron chi connectivity index (χ1n) is 34.1. The second-order valence-electron chi connectivity index (χ2n) is 27.3. The number of ether oxygens (including phenoxy) is 1. The van der Waals surface area contributed by atoms with E-state index >= 15 is 0 Å². The molecule has 3 aliphatic rings. The standard InChI is InChI=1S/C84H80B2N6O/c1-81(2,3)62-52-68(72-35-26-47-87-45-23-21-43-85-72)80(69(53-62)73-36-27-48-88-46-24-22-44-86-73)91-57-90(75-38-19-20-39-76(75)91)63-50-58(79-70(82(4,5)6)33-25-34-71(79)83(7,8)9)51-65(55-63)93-64-40-41-67-66-32-17-18-37-74(66)92(77(67)56-64)78-54-61(42-49-89-78)84(10,59-28-13-11-14-29-59)60-30-15-12-16-31-60/h11-56,87-88H,57H2,1-10H3/b43-21-,44-22-,45-23-,46-24-,47-26-,48-27-,72-35-,73-36-/i17D,18D,32D,37D. The maximum Gasteiger partial charge on any atom is 0.182 e. The van der Waals surface area contributed by atoms with E-state index in [1.54, 1.807) is 6.20 Å². The summed E-state index contributed by atoms with van der Waals surface area (Å²) in [4.78, 5) is 9.95. The summed E-state index contributed by atoms with van der Waals surface area (Å²) >= 11 is 0. The van der Waals surface area contributed by atoms with Gasteiger partial charge >= 0.3 is 0 Å². The number of hydrogen-bond acceptors (Lipinski definition) is 6. The fourth-order valence-electron chi connectivity index (χ4n) is 13.2. The number of aromatic nitrogens is 2. The molecule has 0 aliphatic carbocycles. The van der Waals surface area contributed by atoms with Gasteiger partial charge < -0.3 is 25.2 Å². The van der Waals surface area contributed by atoms with E-state index in [0.717, 1.165) is 72.6 Å². The van der Waals surface area contributed by atoms with E-state index < -0.39 is 5.41 Å². The number of anilines is 4. The molecule has 0 bridgehead atoms. The third kappa shape index (κ3) is 12.4. The minimum atomic E-state index is -0.634. The molecule has 93 heavy (non-hydrogen) atoms. The van der Waals surface area contributed by atoms with Gasteiger partial charge in [-0.05, 0) is 170 Å². The minimum Gasteiger partial charge on any atom is -0.457 e. The number of pyridine rings is 1. The molecule has 5 heterocycles. The molecule has 0 fully saturated rings. The lowest BCUT2D eigenvalue weighted by Crippen LogP contribution is -2.27. The first-order valence-corrected chi connectivity index (χ1v) is 32.1. The molecule has 0 saturated heterocycles. The highest BCUT2D eigenvalue weighted by molar-refractivity contribution is 6.67. The first-order chi connectivity index (χ1) is 46.6. The van der Waals surface area contributed by atoms with Gasteiger partial charge in [-0.3, -0.25) is 4.57 Å². The van der Waals surface area contributed by atoms with Crippen molar-refractivity contribution in [2.45, 2.75) is 90.9 Å². The van der Waals surface area contributed by atoms with E-state index in [4.69, 9.17) is 12.5 Å². The zero-order chi connectivity index (χ0) is 68.0. The van der Waals surface area contributed by atoms with Crippen LogP contribution in [0.1, 0.15) is 119 Å². The Bertz CT molecular complexity index is 4820. The van der Waals surface area contributed by atoms with Crippen molar-refractivity contribution in [3.05, 3.63) is 324 Å². The Balaban J connectivity index is 1.03. The molecule has 2 aromatic heterocycles. The largest absolute Gasteiger partial charge is 0.457 e. The summed E-state index contributed by atoms with van der Waals surface area (Å²) in [6.45, 7) is 23.2. The van der Waals surface area contributed by atoms with Gasteiger partial charge in [-0.15, -0.1) is 12.0 Å². The van der Waals surface area contributed by atoms with E-state index in [-0.39, 0.29) is 40.4 Å². The molecule has 10 aromatic rings. The van der Waals surface area contributed by atoms with Crippen LogP contribution in [-0.2, 0) is 21.7 Å². The monoisotopic (exact) mass is 1210 g/mol. The number of hydrogen-bond donors (Lipinski definition) is 2. The number of benzene rings is 8. The van der Waals surface area contributed by atoms with E-state index in [1.165, 1.54) is 16.7 Å². The van der Waals surface area contributed by atoms with Crippen molar-refractivity contribution >= 4 is 70.1 Å². The lowest BCUT2D eigenvalue weighted by molar-refractivity contribution is 0.483. The molecule has 0 atom stereocenters. The highest BCUT2D eigenvalue weighted by Crippen LogP contribution is 2.52. The number of allylic oxidation sites excluding steroid dienone is 8. The van der Waals surface area contributed by atoms with Gasteiger partial charge in [-0.25, -0.2) is 4.98 Å². The Labute approximate surface area is 557 Å². The van der Waals surface area contributed by atoms with Crippen LogP contribution < -0.4 is 25.2 Å². The van der Waals surface area contributed by atoms with Crippen LogP contribution in [0.3, 0.4) is 0 Å². The molecular formula is C84H80B2N6O. The molecular weight excluding hydrogens is 1130 g/mol. The Kier molecular flexibility index (Phi) is 15.5. The van der Waals surface area contributed by atoms with Gasteiger partial charge in [0.15, 0.2) is 14.6 Å². The van der Waals surface area contributed by atoms with Gasteiger partial charge in [0.1, 0.15) is 24.0 Å². The van der Waals surface area contributed by atoms with Crippen molar-refractivity contribution in [2.24, 2.45) is 0 Å². The predicted octanol–water partition coefficient (Wildman–Crippen LogP) is 20.5. The lowest BCUT2D eigenvalue weighted by atomic mass is 9.62. The van der Waals surface area contributed by atoms with Crippen LogP contribution in [0.5, 0.6) is 11.5 Å². The summed E-state index contributed by atoms with van der Waals surface area (Å²) in [5, 5.41) is 7.62. The highest BCUT2D eigenvalue weighted by Gasteiger charge is 2.36. The normalized spacial score (nSPS) is 18.3. The molecule has 2 N–H and O–H groups in total. The van der Waals surface area contributed by atoms with Crippen molar-refractivity contribution in [1.82, 2.24) is 20.2 Å². The first kappa shape index (κ1) is 56.7. The third-order valence-electron chi connectivity index (χ3n) is 18.0. The fourth-order valence-corrected chi connectivity index (χ4v) is 13.2. The SMILES string of the molecule is [2H]c1c([2H])c([2H])c2c(c1[2H])c1ccc(Oc3cc(-c4c(C(C)(C)C)cccc4C(C)(C)C)cc(N4CN(c5c(/C6=C/C=C\N/C=C\C=C/[B]6)cc(C(C)(C)C)cc5/C5=C/C=C\N/C=C\C=C/[B]5)c5ccccc54)c3)cc1n2-c1cc(C(C)(c2ccccc2)c2ccccc2)ccn1. The number of nitrogens with zero attached hydrogens (tertiary/aromatic N) is 4. The molecule has 7 nitrogen and oxygen atoms in total. The van der Waals surface area contributed by atoms with Gasteiger partial charge in [0.25, 0.3) is 0 Å². The summed E-state index contributed by atoms with van der Waals surface area (Å²) in [5.74, 6) is 5.82. The number of fused-ring (bicyclic) bond motifs is 4. The molecule has 0 spiro atoms. The fraction of sp³-hybridized carbons (Fsp3) is 0.179. The number of rotatable bonds is 11. The smallest absolute Gasteiger partial charge is 0.182 e. The van der Waals surface area contributed by atoms with Crippen molar-refractivity contribution in [3.8, 4) is 28.4 Å². The molecule has 0 saturated carbocycles. The van der Waals surface area contributed by atoms with Crippen LogP contribution in [0.15, 0.2) is 280 Å². The van der Waals surface area contributed by atoms with E-state index in [9.17, 15) is 2.74 Å². The van der Waals surface area contributed by atoms with E-state index in [0.29, 0.717) is 45.8 Å².